The topological polar surface area (TPSA) is 76.1 Å². The first-order valence-electron chi connectivity index (χ1n) is 6.69. The third kappa shape index (κ3) is 4.11. The number of carboxylic acids is 1. The number of methoxy groups -OCH3 is 2. The normalized spacial score (nSPS) is 11.6. The van der Waals surface area contributed by atoms with E-state index in [4.69, 9.17) is 14.6 Å². The first kappa shape index (κ1) is 16.8. The molecule has 1 atom stereocenters. The Morgan fingerprint density at radius 3 is 2.33 bits per heavy atom. The molecule has 1 aromatic rings. The second-order valence-corrected chi connectivity index (χ2v) is 4.65. The fourth-order valence-corrected chi connectivity index (χ4v) is 1.93. The number of hydrogen-bond donors (Lipinski definition) is 1. The van der Waals surface area contributed by atoms with E-state index in [9.17, 15) is 9.59 Å². The second kappa shape index (κ2) is 7.52. The van der Waals surface area contributed by atoms with E-state index in [0.29, 0.717) is 23.5 Å². The van der Waals surface area contributed by atoms with E-state index in [1.807, 2.05) is 13.8 Å². The van der Waals surface area contributed by atoms with Crippen LogP contribution >= 0.6 is 0 Å². The Balaban J connectivity index is 3.11. The summed E-state index contributed by atoms with van der Waals surface area (Å²) in [5, 5.41) is 8.97. The molecule has 1 unspecified atom stereocenters. The maximum atomic E-state index is 12.5. The van der Waals surface area contributed by atoms with Crippen molar-refractivity contribution in [1.29, 1.82) is 0 Å². The van der Waals surface area contributed by atoms with Crippen molar-refractivity contribution in [2.75, 3.05) is 20.8 Å². The van der Waals surface area contributed by atoms with Crippen LogP contribution in [0.4, 0.5) is 0 Å². The van der Waals surface area contributed by atoms with Crippen molar-refractivity contribution in [2.24, 2.45) is 0 Å². The first-order valence-corrected chi connectivity index (χ1v) is 6.69. The molecule has 1 N–H and O–H groups in total. The monoisotopic (exact) mass is 295 g/mol. The molecule has 0 fully saturated rings. The highest BCUT2D eigenvalue weighted by Gasteiger charge is 2.23. The number of ether oxygens (including phenoxy) is 2. The Morgan fingerprint density at radius 1 is 1.24 bits per heavy atom. The van der Waals surface area contributed by atoms with Gasteiger partial charge >= 0.3 is 5.97 Å². The number of hydrogen-bond acceptors (Lipinski definition) is 4. The smallest absolute Gasteiger partial charge is 0.323 e. The summed E-state index contributed by atoms with van der Waals surface area (Å²) in [7, 11) is 2.99. The lowest BCUT2D eigenvalue weighted by atomic mass is 10.1. The molecular weight excluding hydrogens is 274 g/mol. The lowest BCUT2D eigenvalue weighted by molar-refractivity contribution is -0.138. The van der Waals surface area contributed by atoms with Crippen molar-refractivity contribution in [3.05, 3.63) is 23.8 Å². The third-order valence-electron chi connectivity index (χ3n) is 3.32. The van der Waals surface area contributed by atoms with Crippen molar-refractivity contribution in [2.45, 2.75) is 26.3 Å². The Hall–Kier alpha value is -2.24. The lowest BCUT2D eigenvalue weighted by Crippen LogP contribution is -2.41. The molecule has 0 aliphatic carbocycles. The van der Waals surface area contributed by atoms with E-state index in [0.717, 1.165) is 0 Å². The van der Waals surface area contributed by atoms with Gasteiger partial charge in [-0.2, -0.15) is 0 Å². The fourth-order valence-electron chi connectivity index (χ4n) is 1.93. The molecule has 0 spiro atoms. The zero-order valence-electron chi connectivity index (χ0n) is 12.8. The summed E-state index contributed by atoms with van der Waals surface area (Å²) >= 11 is 0. The number of carbonyl (C=O) groups excluding carboxylic acids is 1. The molecule has 0 heterocycles. The van der Waals surface area contributed by atoms with Crippen molar-refractivity contribution >= 4 is 11.9 Å². The van der Waals surface area contributed by atoms with Crippen LogP contribution in [0.25, 0.3) is 0 Å². The van der Waals surface area contributed by atoms with Gasteiger partial charge in [-0.15, -0.1) is 0 Å². The van der Waals surface area contributed by atoms with Gasteiger partial charge < -0.3 is 19.5 Å². The fraction of sp³-hybridized carbons (Fsp3) is 0.467. The summed E-state index contributed by atoms with van der Waals surface area (Å²) in [5.41, 5.74) is 0.370. The Kier molecular flexibility index (Phi) is 6.02. The van der Waals surface area contributed by atoms with Gasteiger partial charge in [0.1, 0.15) is 6.54 Å². The van der Waals surface area contributed by atoms with E-state index in [1.165, 1.54) is 19.1 Å². The quantitative estimate of drug-likeness (QED) is 0.833. The van der Waals surface area contributed by atoms with Crippen molar-refractivity contribution in [1.82, 2.24) is 4.90 Å². The van der Waals surface area contributed by atoms with Gasteiger partial charge in [0.15, 0.2) is 11.5 Å². The van der Waals surface area contributed by atoms with Gasteiger partial charge in [-0.3, -0.25) is 9.59 Å². The molecule has 21 heavy (non-hydrogen) atoms. The van der Waals surface area contributed by atoms with Gasteiger partial charge in [0.05, 0.1) is 14.2 Å². The highest BCUT2D eigenvalue weighted by Crippen LogP contribution is 2.28. The maximum Gasteiger partial charge on any atom is 0.323 e. The molecule has 0 radical (unpaired) electrons. The number of aliphatic carboxylic acids is 1. The zero-order valence-corrected chi connectivity index (χ0v) is 12.8. The number of carbonyl (C=O) groups is 2. The molecule has 1 amide bonds. The molecule has 6 nitrogen and oxygen atoms in total. The molecule has 116 valence electrons. The van der Waals surface area contributed by atoms with E-state index >= 15 is 0 Å². The molecule has 1 rings (SSSR count). The summed E-state index contributed by atoms with van der Waals surface area (Å²) in [6.07, 6.45) is 0.673. The molecule has 0 saturated heterocycles. The maximum absolute atomic E-state index is 12.5. The Bertz CT molecular complexity index is 515. The Labute approximate surface area is 124 Å². The van der Waals surface area contributed by atoms with Crippen molar-refractivity contribution < 1.29 is 24.2 Å². The number of nitrogens with zero attached hydrogens (tertiary/aromatic N) is 1. The predicted molar refractivity (Wildman–Crippen MR) is 78.0 cm³/mol. The molecule has 6 heteroatoms. The minimum atomic E-state index is -1.04. The summed E-state index contributed by atoms with van der Waals surface area (Å²) in [5.74, 6) is -0.429. The second-order valence-electron chi connectivity index (χ2n) is 4.65. The van der Waals surface area contributed by atoms with Gasteiger partial charge in [0.25, 0.3) is 5.91 Å². The number of amides is 1. The predicted octanol–water partition coefficient (Wildman–Crippen LogP) is 2.03. The minimum absolute atomic E-state index is 0.165. The SMILES string of the molecule is CCC(C)N(CC(=O)O)C(=O)c1ccc(OC)c(OC)c1. The highest BCUT2D eigenvalue weighted by molar-refractivity contribution is 5.96. The van der Waals surface area contributed by atoms with Crippen LogP contribution in [0.1, 0.15) is 30.6 Å². The van der Waals surface area contributed by atoms with Crippen LogP contribution in [-0.4, -0.2) is 48.7 Å². The number of benzene rings is 1. The van der Waals surface area contributed by atoms with Crippen molar-refractivity contribution in [3.63, 3.8) is 0 Å². The Morgan fingerprint density at radius 2 is 1.86 bits per heavy atom. The van der Waals surface area contributed by atoms with Crippen LogP contribution in [0.5, 0.6) is 11.5 Å². The molecule has 0 saturated carbocycles. The summed E-state index contributed by atoms with van der Waals surface area (Å²) in [6, 6.07) is 4.61. The van der Waals surface area contributed by atoms with E-state index in [-0.39, 0.29) is 18.5 Å². The highest BCUT2D eigenvalue weighted by atomic mass is 16.5. The number of rotatable bonds is 7. The molecular formula is C15H21NO5. The van der Waals surface area contributed by atoms with Gasteiger partial charge in [-0.25, -0.2) is 0 Å². The third-order valence-corrected chi connectivity index (χ3v) is 3.32. The summed E-state index contributed by atoms with van der Waals surface area (Å²) in [4.78, 5) is 24.8. The van der Waals surface area contributed by atoms with Crippen LogP contribution < -0.4 is 9.47 Å². The van der Waals surface area contributed by atoms with Crippen molar-refractivity contribution in [3.8, 4) is 11.5 Å². The molecule has 1 aromatic carbocycles. The van der Waals surface area contributed by atoms with Crippen LogP contribution in [-0.2, 0) is 4.79 Å². The summed E-state index contributed by atoms with van der Waals surface area (Å²) < 4.78 is 10.3. The molecule has 0 aromatic heterocycles. The van der Waals surface area contributed by atoms with Crippen LogP contribution in [0.3, 0.4) is 0 Å². The van der Waals surface area contributed by atoms with E-state index in [1.54, 1.807) is 18.2 Å². The van der Waals surface area contributed by atoms with Gasteiger partial charge in [-0.05, 0) is 31.5 Å². The van der Waals surface area contributed by atoms with Gasteiger partial charge in [0, 0.05) is 11.6 Å². The van der Waals surface area contributed by atoms with Crippen LogP contribution in [0, 0.1) is 0 Å². The standard InChI is InChI=1S/C15H21NO5/c1-5-10(2)16(9-14(17)18)15(19)11-6-7-12(20-3)13(8-11)21-4/h6-8,10H,5,9H2,1-4H3,(H,17,18). The summed E-state index contributed by atoms with van der Waals surface area (Å²) in [6.45, 7) is 3.39. The van der Waals surface area contributed by atoms with Crippen LogP contribution in [0.2, 0.25) is 0 Å². The molecule has 0 aliphatic rings. The average molecular weight is 295 g/mol. The van der Waals surface area contributed by atoms with Crippen LogP contribution in [0.15, 0.2) is 18.2 Å². The first-order chi connectivity index (χ1) is 9.94. The lowest BCUT2D eigenvalue weighted by Gasteiger charge is -2.27. The largest absolute Gasteiger partial charge is 0.493 e. The van der Waals surface area contributed by atoms with E-state index < -0.39 is 5.97 Å². The van der Waals surface area contributed by atoms with E-state index in [2.05, 4.69) is 0 Å². The molecule has 0 aliphatic heterocycles. The van der Waals surface area contributed by atoms with Gasteiger partial charge in [-0.1, -0.05) is 6.92 Å². The average Bonchev–Trinajstić information content (AvgIpc) is 2.50. The number of carboxylic acid groups (broad SMARTS) is 1. The minimum Gasteiger partial charge on any atom is -0.493 e. The zero-order chi connectivity index (χ0) is 16.0. The van der Waals surface area contributed by atoms with Gasteiger partial charge in [0.2, 0.25) is 0 Å². The molecule has 0 bridgehead atoms.